The van der Waals surface area contributed by atoms with Crippen LogP contribution in [0.5, 0.6) is 0 Å². The highest BCUT2D eigenvalue weighted by molar-refractivity contribution is 6.31. The molecule has 0 amide bonds. The van der Waals surface area contributed by atoms with Crippen LogP contribution in [0.25, 0.3) is 44.2 Å². The molecular weight excluding hydrogens is 456 g/mol. The van der Waals surface area contributed by atoms with Crippen LogP contribution in [0.3, 0.4) is 0 Å². The van der Waals surface area contributed by atoms with Gasteiger partial charge in [-0.05, 0) is 84.6 Å². The van der Waals surface area contributed by atoms with Gasteiger partial charge in [0.15, 0.2) is 0 Å². The Morgan fingerprint density at radius 1 is 0.417 bits per heavy atom. The summed E-state index contributed by atoms with van der Waals surface area (Å²) in [4.78, 5) is 0. The van der Waals surface area contributed by atoms with E-state index in [1.54, 1.807) is 0 Å². The number of fused-ring (bicyclic) bond motifs is 12. The van der Waals surface area contributed by atoms with E-state index in [2.05, 4.69) is 121 Å². The quantitative estimate of drug-likeness (QED) is 0.221. The van der Waals surface area contributed by atoms with Crippen LogP contribution < -0.4 is 0 Å². The molecule has 0 atom stereocenters. The number of hydrogen-bond acceptors (Lipinski definition) is 0. The SMILES string of the molecule is Clc1ccc2c(c1)C1(c3ccccc3-c3ccccc31)c1cc(-c3ccccc3)c3ccccc3c1-2. The monoisotopic (exact) mass is 476 g/mol. The summed E-state index contributed by atoms with van der Waals surface area (Å²) < 4.78 is 0. The molecule has 1 spiro atoms. The Morgan fingerprint density at radius 3 is 1.75 bits per heavy atom. The maximum Gasteiger partial charge on any atom is 0.0726 e. The van der Waals surface area contributed by atoms with Gasteiger partial charge in [-0.25, -0.2) is 0 Å². The molecule has 6 aromatic carbocycles. The molecule has 8 rings (SSSR count). The van der Waals surface area contributed by atoms with Crippen LogP contribution in [0.4, 0.5) is 0 Å². The molecule has 6 aromatic rings. The Hall–Kier alpha value is -4.13. The van der Waals surface area contributed by atoms with Crippen LogP contribution in [0.15, 0.2) is 127 Å². The zero-order chi connectivity index (χ0) is 23.9. The summed E-state index contributed by atoms with van der Waals surface area (Å²) in [5, 5.41) is 3.34. The minimum Gasteiger partial charge on any atom is -0.0843 e. The van der Waals surface area contributed by atoms with E-state index in [1.807, 2.05) is 6.07 Å². The van der Waals surface area contributed by atoms with E-state index < -0.39 is 5.41 Å². The number of rotatable bonds is 1. The van der Waals surface area contributed by atoms with Crippen molar-refractivity contribution in [1.29, 1.82) is 0 Å². The topological polar surface area (TPSA) is 0 Å². The van der Waals surface area contributed by atoms with Crippen molar-refractivity contribution in [3.63, 3.8) is 0 Å². The molecule has 2 aliphatic rings. The lowest BCUT2D eigenvalue weighted by atomic mass is 9.70. The van der Waals surface area contributed by atoms with Gasteiger partial charge in [-0.3, -0.25) is 0 Å². The molecular formula is C35H21Cl. The van der Waals surface area contributed by atoms with Gasteiger partial charge in [0.1, 0.15) is 0 Å². The molecule has 36 heavy (non-hydrogen) atoms. The minimum absolute atomic E-state index is 0.406. The molecule has 0 saturated heterocycles. The van der Waals surface area contributed by atoms with Gasteiger partial charge in [0.05, 0.1) is 5.41 Å². The third kappa shape index (κ3) is 2.40. The van der Waals surface area contributed by atoms with Crippen molar-refractivity contribution < 1.29 is 0 Å². The second-order valence-electron chi connectivity index (χ2n) is 9.79. The summed E-state index contributed by atoms with van der Waals surface area (Å²) in [6.07, 6.45) is 0. The van der Waals surface area contributed by atoms with E-state index >= 15 is 0 Å². The summed E-state index contributed by atoms with van der Waals surface area (Å²) in [5.41, 5.74) is 12.6. The van der Waals surface area contributed by atoms with Crippen LogP contribution in [-0.2, 0) is 5.41 Å². The van der Waals surface area contributed by atoms with E-state index in [0.717, 1.165) is 5.02 Å². The molecule has 0 heterocycles. The summed E-state index contributed by atoms with van der Waals surface area (Å²) in [5.74, 6) is 0. The highest BCUT2D eigenvalue weighted by Gasteiger charge is 2.52. The van der Waals surface area contributed by atoms with E-state index in [1.165, 1.54) is 66.4 Å². The lowest BCUT2D eigenvalue weighted by Gasteiger charge is -2.31. The molecule has 0 nitrogen and oxygen atoms in total. The zero-order valence-electron chi connectivity index (χ0n) is 19.5. The smallest absolute Gasteiger partial charge is 0.0726 e. The Balaban J connectivity index is 1.63. The molecule has 0 saturated carbocycles. The normalized spacial score (nSPS) is 13.9. The van der Waals surface area contributed by atoms with Gasteiger partial charge >= 0.3 is 0 Å². The largest absolute Gasteiger partial charge is 0.0843 e. The minimum atomic E-state index is -0.406. The molecule has 0 aromatic heterocycles. The summed E-state index contributed by atoms with van der Waals surface area (Å²) in [6.45, 7) is 0. The van der Waals surface area contributed by atoms with E-state index in [-0.39, 0.29) is 0 Å². The molecule has 0 radical (unpaired) electrons. The Bertz CT molecular complexity index is 1800. The van der Waals surface area contributed by atoms with Crippen molar-refractivity contribution >= 4 is 22.4 Å². The van der Waals surface area contributed by atoms with Crippen LogP contribution >= 0.6 is 11.6 Å². The van der Waals surface area contributed by atoms with Gasteiger partial charge in [-0.2, -0.15) is 0 Å². The Kier molecular flexibility index (Phi) is 4.02. The lowest BCUT2D eigenvalue weighted by molar-refractivity contribution is 0.795. The van der Waals surface area contributed by atoms with Crippen molar-refractivity contribution in [2.45, 2.75) is 5.41 Å². The molecule has 0 aliphatic heterocycles. The molecule has 168 valence electrons. The van der Waals surface area contributed by atoms with Crippen LogP contribution in [0.1, 0.15) is 22.3 Å². The summed E-state index contributed by atoms with van der Waals surface area (Å²) in [6, 6.07) is 46.4. The maximum atomic E-state index is 6.73. The summed E-state index contributed by atoms with van der Waals surface area (Å²) >= 11 is 6.73. The summed E-state index contributed by atoms with van der Waals surface area (Å²) in [7, 11) is 0. The van der Waals surface area contributed by atoms with Gasteiger partial charge in [0, 0.05) is 5.02 Å². The van der Waals surface area contributed by atoms with Crippen molar-refractivity contribution in [1.82, 2.24) is 0 Å². The molecule has 2 aliphatic carbocycles. The molecule has 0 fully saturated rings. The predicted octanol–water partition coefficient (Wildman–Crippen LogP) is 9.50. The third-order valence-corrected chi connectivity index (χ3v) is 8.38. The highest BCUT2D eigenvalue weighted by atomic mass is 35.5. The standard InChI is InChI=1S/C35H21Cl/c36-23-18-19-28-32(20-23)35(30-16-8-6-13-25(30)26-14-7-9-17-31(26)35)33-21-29(22-10-2-1-3-11-22)24-12-4-5-15-27(24)34(28)33/h1-21H. The third-order valence-electron chi connectivity index (χ3n) is 8.14. The zero-order valence-corrected chi connectivity index (χ0v) is 20.3. The van der Waals surface area contributed by atoms with Gasteiger partial charge in [0.25, 0.3) is 0 Å². The molecule has 0 bridgehead atoms. The van der Waals surface area contributed by atoms with E-state index in [0.29, 0.717) is 0 Å². The number of hydrogen-bond donors (Lipinski definition) is 0. The van der Waals surface area contributed by atoms with Crippen molar-refractivity contribution in [3.05, 3.63) is 155 Å². The van der Waals surface area contributed by atoms with Crippen molar-refractivity contribution in [2.75, 3.05) is 0 Å². The first-order chi connectivity index (χ1) is 17.8. The molecule has 0 unspecified atom stereocenters. The van der Waals surface area contributed by atoms with Crippen LogP contribution in [-0.4, -0.2) is 0 Å². The second kappa shape index (κ2) is 7.20. The van der Waals surface area contributed by atoms with Crippen LogP contribution in [0, 0.1) is 0 Å². The predicted molar refractivity (Wildman–Crippen MR) is 151 cm³/mol. The lowest BCUT2D eigenvalue weighted by Crippen LogP contribution is -2.26. The first kappa shape index (κ1) is 20.1. The second-order valence-corrected chi connectivity index (χ2v) is 10.2. The fraction of sp³-hybridized carbons (Fsp3) is 0.0286. The van der Waals surface area contributed by atoms with Crippen molar-refractivity contribution in [2.24, 2.45) is 0 Å². The fourth-order valence-electron chi connectivity index (χ4n) is 6.82. The average molecular weight is 477 g/mol. The van der Waals surface area contributed by atoms with Gasteiger partial charge < -0.3 is 0 Å². The van der Waals surface area contributed by atoms with E-state index in [9.17, 15) is 0 Å². The first-order valence-corrected chi connectivity index (χ1v) is 12.8. The fourth-order valence-corrected chi connectivity index (χ4v) is 7.00. The van der Waals surface area contributed by atoms with Crippen molar-refractivity contribution in [3.8, 4) is 33.4 Å². The highest BCUT2D eigenvalue weighted by Crippen LogP contribution is 2.64. The Morgan fingerprint density at radius 2 is 1.03 bits per heavy atom. The number of halogens is 1. The van der Waals surface area contributed by atoms with Crippen LogP contribution in [0.2, 0.25) is 5.02 Å². The molecule has 1 heteroatoms. The Labute approximate surface area is 215 Å². The van der Waals surface area contributed by atoms with E-state index in [4.69, 9.17) is 11.6 Å². The first-order valence-electron chi connectivity index (χ1n) is 12.4. The maximum absolute atomic E-state index is 6.73. The molecule has 0 N–H and O–H groups in total. The van der Waals surface area contributed by atoms with Gasteiger partial charge in [0.2, 0.25) is 0 Å². The van der Waals surface area contributed by atoms with Gasteiger partial charge in [-0.15, -0.1) is 0 Å². The average Bonchev–Trinajstić information content (AvgIpc) is 3.40. The number of benzene rings is 6. The van der Waals surface area contributed by atoms with Gasteiger partial charge in [-0.1, -0.05) is 121 Å².